The van der Waals surface area contributed by atoms with Crippen LogP contribution in [0.2, 0.25) is 0 Å². The Morgan fingerprint density at radius 1 is 1.00 bits per heavy atom. The lowest BCUT2D eigenvalue weighted by molar-refractivity contribution is 0.155. The van der Waals surface area contributed by atoms with Crippen LogP contribution in [0.5, 0.6) is 0 Å². The van der Waals surface area contributed by atoms with Crippen molar-refractivity contribution in [2.45, 2.75) is 11.5 Å². The van der Waals surface area contributed by atoms with Gasteiger partial charge in [-0.3, -0.25) is 5.32 Å². The normalized spacial score (nSPS) is 11.0. The summed E-state index contributed by atoms with van der Waals surface area (Å²) < 4.78 is 31.9. The molecular weight excluding hydrogens is 408 g/mol. The van der Waals surface area contributed by atoms with Crippen LogP contribution >= 0.6 is 0 Å². The van der Waals surface area contributed by atoms with Crippen molar-refractivity contribution in [3.63, 3.8) is 0 Å². The van der Waals surface area contributed by atoms with Crippen LogP contribution in [0.3, 0.4) is 0 Å². The molecule has 3 rings (SSSR count). The molecule has 0 saturated heterocycles. The molecule has 0 aliphatic rings. The Balaban J connectivity index is 1.68. The second-order valence-corrected chi connectivity index (χ2v) is 7.92. The van der Waals surface area contributed by atoms with Gasteiger partial charge in [0.25, 0.3) is 10.0 Å². The fourth-order valence-corrected chi connectivity index (χ4v) is 3.92. The molecule has 0 fully saturated rings. The van der Waals surface area contributed by atoms with Crippen LogP contribution in [-0.4, -0.2) is 42.7 Å². The molecule has 0 aliphatic carbocycles. The smallest absolute Gasteiger partial charge is 0.411 e. The number of nitrogens with one attached hydrogen (secondary N) is 1. The lowest BCUT2D eigenvalue weighted by Crippen LogP contribution is -2.35. The molecule has 0 aliphatic heterocycles. The van der Waals surface area contributed by atoms with Crippen LogP contribution in [0.15, 0.2) is 78.0 Å². The summed E-state index contributed by atoms with van der Waals surface area (Å²) in [5, 5.41) is 11.8. The van der Waals surface area contributed by atoms with E-state index in [2.05, 4.69) is 15.3 Å². The summed E-state index contributed by atoms with van der Waals surface area (Å²) in [5.41, 5.74) is 1.22. The second-order valence-electron chi connectivity index (χ2n) is 6.06. The molecule has 0 saturated carbocycles. The molecule has 1 amide bonds. The lowest BCUT2D eigenvalue weighted by atomic mass is 10.2. The van der Waals surface area contributed by atoms with Crippen LogP contribution in [-0.2, 0) is 21.4 Å². The molecule has 0 unspecified atom stereocenters. The molecule has 1 aromatic heterocycles. The fourth-order valence-electron chi connectivity index (χ4n) is 2.55. The van der Waals surface area contributed by atoms with Gasteiger partial charge < -0.3 is 9.84 Å². The average molecular weight is 428 g/mol. The van der Waals surface area contributed by atoms with Gasteiger partial charge >= 0.3 is 6.09 Å². The molecule has 0 bridgehead atoms. The fraction of sp³-hybridized carbons (Fsp3) is 0.150. The van der Waals surface area contributed by atoms with E-state index in [1.807, 2.05) is 30.3 Å². The highest BCUT2D eigenvalue weighted by molar-refractivity contribution is 7.92. The summed E-state index contributed by atoms with van der Waals surface area (Å²) >= 11 is 0. The number of sulfonamides is 1. The summed E-state index contributed by atoms with van der Waals surface area (Å²) in [6.45, 7) is -0.477. The van der Waals surface area contributed by atoms with Crippen molar-refractivity contribution in [1.29, 1.82) is 0 Å². The van der Waals surface area contributed by atoms with Crippen molar-refractivity contribution in [1.82, 2.24) is 9.97 Å². The van der Waals surface area contributed by atoms with Gasteiger partial charge in [-0.25, -0.2) is 27.5 Å². The SMILES string of the molecule is O=C(Nc1ccc(S(=O)(=O)N(CCO)c2ncccn2)cc1)OCc1ccccc1. The first-order valence-electron chi connectivity index (χ1n) is 8.99. The Kier molecular flexibility index (Phi) is 6.94. The third-order valence-electron chi connectivity index (χ3n) is 3.98. The standard InChI is InChI=1S/C20H20N4O5S/c25-14-13-24(19-21-11-4-12-22-19)30(27,28)18-9-7-17(8-10-18)23-20(26)29-15-16-5-2-1-3-6-16/h1-12,25H,13-15H2,(H,23,26). The average Bonchev–Trinajstić information content (AvgIpc) is 2.77. The molecule has 156 valence electrons. The van der Waals surface area contributed by atoms with Crippen molar-refractivity contribution < 1.29 is 23.1 Å². The van der Waals surface area contributed by atoms with Gasteiger partial charge in [0.2, 0.25) is 5.95 Å². The maximum Gasteiger partial charge on any atom is 0.411 e. The number of amides is 1. The van der Waals surface area contributed by atoms with E-state index in [1.165, 1.54) is 36.7 Å². The second kappa shape index (κ2) is 9.81. The third kappa shape index (κ3) is 5.31. The number of benzene rings is 2. The first-order chi connectivity index (χ1) is 14.5. The van der Waals surface area contributed by atoms with Gasteiger partial charge in [-0.15, -0.1) is 0 Å². The van der Waals surface area contributed by atoms with Crippen LogP contribution in [0, 0.1) is 0 Å². The highest BCUT2D eigenvalue weighted by Gasteiger charge is 2.26. The van der Waals surface area contributed by atoms with Gasteiger partial charge in [-0.2, -0.15) is 0 Å². The molecule has 0 atom stereocenters. The summed E-state index contributed by atoms with van der Waals surface area (Å²) in [5.74, 6) is -0.0433. The third-order valence-corrected chi connectivity index (χ3v) is 5.77. The van der Waals surface area contributed by atoms with Gasteiger partial charge in [0.05, 0.1) is 18.0 Å². The number of nitrogens with zero attached hydrogens (tertiary/aromatic N) is 3. The van der Waals surface area contributed by atoms with Crippen molar-refractivity contribution in [3.8, 4) is 0 Å². The minimum absolute atomic E-state index is 0.0356. The first kappa shape index (κ1) is 21.2. The molecule has 0 spiro atoms. The molecule has 2 N–H and O–H groups in total. The monoisotopic (exact) mass is 428 g/mol. The number of rotatable bonds is 8. The van der Waals surface area contributed by atoms with Crippen molar-refractivity contribution >= 4 is 27.8 Å². The highest BCUT2D eigenvalue weighted by Crippen LogP contribution is 2.21. The zero-order valence-corrected chi connectivity index (χ0v) is 16.7. The summed E-state index contributed by atoms with van der Waals surface area (Å²) in [7, 11) is -4.00. The molecule has 3 aromatic rings. The van der Waals surface area contributed by atoms with E-state index in [0.29, 0.717) is 5.69 Å². The molecule has 9 nitrogen and oxygen atoms in total. The van der Waals surface area contributed by atoms with E-state index < -0.39 is 22.7 Å². The maximum absolute atomic E-state index is 12.9. The minimum atomic E-state index is -4.00. The van der Waals surface area contributed by atoms with E-state index in [-0.39, 0.29) is 24.0 Å². The Morgan fingerprint density at radius 3 is 2.30 bits per heavy atom. The predicted octanol–water partition coefficient (Wildman–Crippen LogP) is 2.41. The number of aliphatic hydroxyl groups is 1. The number of carbonyl (C=O) groups excluding carboxylic acids is 1. The zero-order chi connectivity index (χ0) is 21.4. The van der Waals surface area contributed by atoms with E-state index in [0.717, 1.165) is 9.87 Å². The number of hydrogen-bond acceptors (Lipinski definition) is 7. The van der Waals surface area contributed by atoms with Gasteiger partial charge in [-0.1, -0.05) is 30.3 Å². The topological polar surface area (TPSA) is 122 Å². The van der Waals surface area contributed by atoms with Gasteiger partial charge in [-0.05, 0) is 35.9 Å². The number of anilines is 2. The van der Waals surface area contributed by atoms with E-state index in [9.17, 15) is 18.3 Å². The van der Waals surface area contributed by atoms with Crippen LogP contribution in [0.4, 0.5) is 16.4 Å². The number of aromatic nitrogens is 2. The van der Waals surface area contributed by atoms with Crippen molar-refractivity contribution in [3.05, 3.63) is 78.6 Å². The number of aliphatic hydroxyl groups excluding tert-OH is 1. The van der Waals surface area contributed by atoms with Crippen LogP contribution in [0.25, 0.3) is 0 Å². The number of hydrogen-bond donors (Lipinski definition) is 2. The summed E-state index contributed by atoms with van der Waals surface area (Å²) in [4.78, 5) is 19.8. The molecular formula is C20H20N4O5S. The van der Waals surface area contributed by atoms with Crippen molar-refractivity contribution in [2.75, 3.05) is 22.8 Å². The molecule has 2 aromatic carbocycles. The predicted molar refractivity (Wildman–Crippen MR) is 110 cm³/mol. The van der Waals surface area contributed by atoms with Crippen LogP contribution in [0.1, 0.15) is 5.56 Å². The van der Waals surface area contributed by atoms with E-state index in [4.69, 9.17) is 4.74 Å². The largest absolute Gasteiger partial charge is 0.444 e. The number of ether oxygens (including phenoxy) is 1. The first-order valence-corrected chi connectivity index (χ1v) is 10.4. The zero-order valence-electron chi connectivity index (χ0n) is 15.9. The molecule has 10 heteroatoms. The van der Waals surface area contributed by atoms with Crippen LogP contribution < -0.4 is 9.62 Å². The van der Waals surface area contributed by atoms with Gasteiger partial charge in [0.1, 0.15) is 6.61 Å². The Morgan fingerprint density at radius 2 is 1.67 bits per heavy atom. The Hall–Kier alpha value is -3.50. The molecule has 1 heterocycles. The summed E-state index contributed by atoms with van der Waals surface area (Å²) in [6, 6.07) is 16.4. The number of carbonyl (C=O) groups is 1. The van der Waals surface area contributed by atoms with Gasteiger partial charge in [0, 0.05) is 18.1 Å². The summed E-state index contributed by atoms with van der Waals surface area (Å²) in [6.07, 6.45) is 2.17. The highest BCUT2D eigenvalue weighted by atomic mass is 32.2. The molecule has 30 heavy (non-hydrogen) atoms. The minimum Gasteiger partial charge on any atom is -0.444 e. The van der Waals surface area contributed by atoms with Gasteiger partial charge in [0.15, 0.2) is 0 Å². The van der Waals surface area contributed by atoms with E-state index >= 15 is 0 Å². The maximum atomic E-state index is 12.9. The Bertz CT molecular complexity index is 1060. The Labute approximate surface area is 174 Å². The van der Waals surface area contributed by atoms with E-state index in [1.54, 1.807) is 6.07 Å². The lowest BCUT2D eigenvalue weighted by Gasteiger charge is -2.21. The molecule has 0 radical (unpaired) electrons. The van der Waals surface area contributed by atoms with Crippen molar-refractivity contribution in [2.24, 2.45) is 0 Å². The quantitative estimate of drug-likeness (QED) is 0.565.